The van der Waals surface area contributed by atoms with E-state index in [2.05, 4.69) is 10.2 Å². The summed E-state index contributed by atoms with van der Waals surface area (Å²) in [7, 11) is 1.62. The number of amides is 1. The number of phenols is 1. The van der Waals surface area contributed by atoms with Crippen molar-refractivity contribution < 1.29 is 19.4 Å². The highest BCUT2D eigenvalue weighted by atomic mass is 16.5. The number of benzene rings is 2. The first kappa shape index (κ1) is 20.1. The van der Waals surface area contributed by atoms with Crippen LogP contribution >= 0.6 is 0 Å². The Kier molecular flexibility index (Phi) is 5.84. The fourth-order valence-corrected chi connectivity index (χ4v) is 4.14. The molecule has 1 atom stereocenters. The average Bonchev–Trinajstić information content (AvgIpc) is 3.17. The highest BCUT2D eigenvalue weighted by Crippen LogP contribution is 2.33. The smallest absolute Gasteiger partial charge is 0.252 e. The molecule has 0 radical (unpaired) electrons. The number of hydrogen-bond donors (Lipinski definition) is 2. The number of carbonyl (C=O) groups excluding carboxylic acids is 1. The fourth-order valence-electron chi connectivity index (χ4n) is 4.14. The highest BCUT2D eigenvalue weighted by Gasteiger charge is 2.32. The lowest BCUT2D eigenvalue weighted by Gasteiger charge is -2.24. The molecule has 0 aliphatic carbocycles. The van der Waals surface area contributed by atoms with Crippen molar-refractivity contribution in [2.45, 2.75) is 32.3 Å². The van der Waals surface area contributed by atoms with Crippen molar-refractivity contribution in [3.63, 3.8) is 0 Å². The second-order valence-corrected chi connectivity index (χ2v) is 7.64. The number of aromatic hydroxyl groups is 1. The van der Waals surface area contributed by atoms with E-state index in [0.717, 1.165) is 37.2 Å². The van der Waals surface area contributed by atoms with E-state index >= 15 is 0 Å². The normalized spacial score (nSPS) is 18.7. The Labute approximate surface area is 176 Å². The lowest BCUT2D eigenvalue weighted by molar-refractivity contribution is -0.116. The first-order chi connectivity index (χ1) is 14.6. The molecule has 2 aliphatic heterocycles. The third kappa shape index (κ3) is 3.82. The van der Waals surface area contributed by atoms with Gasteiger partial charge in [-0.3, -0.25) is 4.79 Å². The number of fused-ring (bicyclic) bond motifs is 1. The lowest BCUT2D eigenvalue weighted by Crippen LogP contribution is -2.36. The van der Waals surface area contributed by atoms with Crippen LogP contribution in [0.3, 0.4) is 0 Å². The van der Waals surface area contributed by atoms with E-state index in [4.69, 9.17) is 9.47 Å². The number of ether oxygens (including phenoxy) is 2. The van der Waals surface area contributed by atoms with E-state index in [9.17, 15) is 9.90 Å². The van der Waals surface area contributed by atoms with Crippen LogP contribution in [0.5, 0.6) is 17.2 Å². The van der Waals surface area contributed by atoms with Gasteiger partial charge in [0.25, 0.3) is 5.91 Å². The number of piperidine rings is 1. The zero-order valence-corrected chi connectivity index (χ0v) is 17.5. The molecule has 0 spiro atoms. The van der Waals surface area contributed by atoms with Crippen molar-refractivity contribution in [3.05, 3.63) is 52.4 Å². The first-order valence-corrected chi connectivity index (χ1v) is 10.5. The molecular formula is C24H28N2O4. The number of hydrogen-bond acceptors (Lipinski definition) is 5. The van der Waals surface area contributed by atoms with Crippen LogP contribution in [0.15, 0.2) is 36.4 Å². The van der Waals surface area contributed by atoms with Crippen LogP contribution in [0.2, 0.25) is 0 Å². The maximum Gasteiger partial charge on any atom is 0.252 e. The summed E-state index contributed by atoms with van der Waals surface area (Å²) in [5.41, 5.74) is 1.38. The lowest BCUT2D eigenvalue weighted by atomic mass is 9.99. The molecule has 1 saturated heterocycles. The molecule has 2 aromatic rings. The Morgan fingerprint density at radius 1 is 1.20 bits per heavy atom. The molecule has 1 amide bonds. The second-order valence-electron chi connectivity index (χ2n) is 7.64. The van der Waals surface area contributed by atoms with Crippen LogP contribution in [0.25, 0.3) is 11.8 Å². The van der Waals surface area contributed by atoms with E-state index < -0.39 is 6.10 Å². The van der Waals surface area contributed by atoms with Gasteiger partial charge >= 0.3 is 0 Å². The number of phenolic OH excluding ortho intramolecular Hbond substituents is 1. The topological polar surface area (TPSA) is 71.0 Å². The van der Waals surface area contributed by atoms with Crippen molar-refractivity contribution in [1.29, 1.82) is 0 Å². The summed E-state index contributed by atoms with van der Waals surface area (Å²) in [6.45, 7) is 4.29. The minimum atomic E-state index is -0.548. The molecule has 2 aromatic carbocycles. The van der Waals surface area contributed by atoms with E-state index in [-0.39, 0.29) is 11.7 Å². The van der Waals surface area contributed by atoms with Gasteiger partial charge in [0.15, 0.2) is 6.10 Å². The predicted octanol–water partition coefficient (Wildman–Crippen LogP) is 2.05. The molecule has 0 saturated carbocycles. The highest BCUT2D eigenvalue weighted by molar-refractivity contribution is 6.16. The maximum atomic E-state index is 13.1. The molecule has 30 heavy (non-hydrogen) atoms. The summed E-state index contributed by atoms with van der Waals surface area (Å²) >= 11 is 0. The zero-order chi connectivity index (χ0) is 21.1. The molecular weight excluding hydrogens is 380 g/mol. The SMILES string of the molecule is CCNC(=O)C1=c2c(ccc(O)c2=CN2CCCCC2)OC1c1ccc(OC)cc1. The van der Waals surface area contributed by atoms with Crippen molar-refractivity contribution in [2.24, 2.45) is 0 Å². The van der Waals surface area contributed by atoms with Gasteiger partial charge in [-0.25, -0.2) is 0 Å². The van der Waals surface area contributed by atoms with Crippen LogP contribution < -0.4 is 25.2 Å². The minimum absolute atomic E-state index is 0.153. The Morgan fingerprint density at radius 2 is 1.93 bits per heavy atom. The quantitative estimate of drug-likeness (QED) is 0.792. The molecule has 2 heterocycles. The maximum absolute atomic E-state index is 13.1. The van der Waals surface area contributed by atoms with Crippen molar-refractivity contribution >= 4 is 17.7 Å². The summed E-state index contributed by atoms with van der Waals surface area (Å²) in [5.74, 6) is 1.32. The van der Waals surface area contributed by atoms with Crippen molar-refractivity contribution in [3.8, 4) is 17.2 Å². The summed E-state index contributed by atoms with van der Waals surface area (Å²) < 4.78 is 11.5. The van der Waals surface area contributed by atoms with Crippen LogP contribution in [0, 0.1) is 0 Å². The van der Waals surface area contributed by atoms with Gasteiger partial charge in [-0.05, 0) is 56.0 Å². The van der Waals surface area contributed by atoms with E-state index in [1.165, 1.54) is 6.42 Å². The van der Waals surface area contributed by atoms with Gasteiger partial charge in [0.1, 0.15) is 17.2 Å². The average molecular weight is 408 g/mol. The Balaban J connectivity index is 1.90. The third-order valence-electron chi connectivity index (χ3n) is 5.66. The van der Waals surface area contributed by atoms with Crippen LogP contribution in [-0.2, 0) is 4.79 Å². The van der Waals surface area contributed by atoms with Gasteiger partial charge in [-0.15, -0.1) is 0 Å². The van der Waals surface area contributed by atoms with Gasteiger partial charge in [0.05, 0.1) is 12.7 Å². The standard InChI is InChI=1S/C24H28N2O4/c1-3-25-24(28)22-21-18(15-26-13-5-4-6-14-26)19(27)11-12-20(21)30-23(22)16-7-9-17(29-2)10-8-16/h7-12,15,23,27H,3-6,13-14H2,1-2H3,(H,25,28). The van der Waals surface area contributed by atoms with E-state index in [1.807, 2.05) is 37.4 Å². The van der Waals surface area contributed by atoms with Gasteiger partial charge in [0.2, 0.25) is 0 Å². The minimum Gasteiger partial charge on any atom is -0.507 e. The van der Waals surface area contributed by atoms with Gasteiger partial charge < -0.3 is 24.8 Å². The van der Waals surface area contributed by atoms with Crippen molar-refractivity contribution in [1.82, 2.24) is 10.2 Å². The summed E-state index contributed by atoms with van der Waals surface area (Å²) in [4.78, 5) is 15.3. The number of nitrogens with one attached hydrogen (secondary N) is 1. The summed E-state index contributed by atoms with van der Waals surface area (Å²) in [6, 6.07) is 10.9. The largest absolute Gasteiger partial charge is 0.507 e. The molecule has 1 unspecified atom stereocenters. The number of methoxy groups -OCH3 is 1. The van der Waals surface area contributed by atoms with Crippen LogP contribution in [0.4, 0.5) is 0 Å². The second kappa shape index (κ2) is 8.69. The monoisotopic (exact) mass is 408 g/mol. The van der Waals surface area contributed by atoms with Gasteiger partial charge in [-0.2, -0.15) is 0 Å². The number of rotatable bonds is 5. The number of carbonyl (C=O) groups is 1. The Morgan fingerprint density at radius 3 is 2.60 bits per heavy atom. The molecule has 158 valence electrons. The molecule has 2 aliphatic rings. The number of nitrogens with zero attached hydrogens (tertiary/aromatic N) is 1. The molecule has 0 aromatic heterocycles. The predicted molar refractivity (Wildman–Crippen MR) is 116 cm³/mol. The molecule has 2 N–H and O–H groups in total. The fraction of sp³-hybridized carbons (Fsp3) is 0.375. The Hall–Kier alpha value is -3.15. The molecule has 4 rings (SSSR count). The molecule has 6 nitrogen and oxygen atoms in total. The summed E-state index contributed by atoms with van der Waals surface area (Å²) in [6.07, 6.45) is 4.91. The Bertz CT molecular complexity index is 1040. The van der Waals surface area contributed by atoms with Crippen molar-refractivity contribution in [2.75, 3.05) is 26.7 Å². The molecule has 1 fully saturated rings. The van der Waals surface area contributed by atoms with Gasteiger partial charge in [0, 0.05) is 36.3 Å². The first-order valence-electron chi connectivity index (χ1n) is 10.5. The van der Waals surface area contributed by atoms with E-state index in [1.54, 1.807) is 19.2 Å². The molecule has 0 bridgehead atoms. The number of likely N-dealkylation sites (tertiary alicyclic amines) is 1. The zero-order valence-electron chi connectivity index (χ0n) is 17.5. The molecule has 6 heteroatoms. The van der Waals surface area contributed by atoms with Crippen LogP contribution in [0.1, 0.15) is 37.9 Å². The van der Waals surface area contributed by atoms with E-state index in [0.29, 0.717) is 28.3 Å². The van der Waals surface area contributed by atoms with Crippen LogP contribution in [-0.4, -0.2) is 42.7 Å². The van der Waals surface area contributed by atoms with Gasteiger partial charge in [-0.1, -0.05) is 12.1 Å². The third-order valence-corrected chi connectivity index (χ3v) is 5.66. The summed E-state index contributed by atoms with van der Waals surface area (Å²) in [5, 5.41) is 14.9.